The van der Waals surface area contributed by atoms with Gasteiger partial charge in [0, 0.05) is 11.4 Å². The predicted octanol–water partition coefficient (Wildman–Crippen LogP) is 9.77. The number of allylic oxidation sites excluding steroid dienone is 1. The van der Waals surface area contributed by atoms with Crippen molar-refractivity contribution < 1.29 is 13.2 Å². The number of hydrogen-bond donors (Lipinski definition) is 2. The van der Waals surface area contributed by atoms with Gasteiger partial charge in [-0.1, -0.05) is 150 Å². The maximum atomic E-state index is 12.8. The van der Waals surface area contributed by atoms with Crippen molar-refractivity contribution in [1.29, 1.82) is 0 Å². The first-order valence-corrected chi connectivity index (χ1v) is 14.4. The molecule has 3 aromatic carbocycles. The van der Waals surface area contributed by atoms with E-state index in [2.05, 4.69) is 25.4 Å². The van der Waals surface area contributed by atoms with E-state index in [9.17, 15) is 13.2 Å². The molecule has 0 bridgehead atoms. The quantitative estimate of drug-likeness (QED) is 0.308. The first kappa shape index (κ1) is 31.1. The largest absolute Gasteiger partial charge is 0.405 e. The van der Waals surface area contributed by atoms with Gasteiger partial charge >= 0.3 is 6.18 Å². The first-order chi connectivity index (χ1) is 19.2. The van der Waals surface area contributed by atoms with Crippen molar-refractivity contribution in [3.05, 3.63) is 114 Å². The molecule has 2 nitrogen and oxygen atoms in total. The molecule has 40 heavy (non-hydrogen) atoms. The summed E-state index contributed by atoms with van der Waals surface area (Å²) in [6, 6.07) is 25.6. The molecule has 0 saturated heterocycles. The predicted molar refractivity (Wildman–Crippen MR) is 163 cm³/mol. The first-order valence-electron chi connectivity index (χ1n) is 14.4. The van der Waals surface area contributed by atoms with Gasteiger partial charge in [-0.3, -0.25) is 0 Å². The molecular weight excluding hydrogens is 505 g/mol. The number of nitrogens with two attached hydrogens (primary N) is 1. The van der Waals surface area contributed by atoms with E-state index in [1.54, 1.807) is 0 Å². The van der Waals surface area contributed by atoms with Crippen LogP contribution in [0.25, 0.3) is 16.8 Å². The second-order valence-electron chi connectivity index (χ2n) is 10.6. The van der Waals surface area contributed by atoms with Crippen LogP contribution in [0.1, 0.15) is 81.4 Å². The molecule has 5 heteroatoms. The Morgan fingerprint density at radius 1 is 0.775 bits per heavy atom. The van der Waals surface area contributed by atoms with Crippen molar-refractivity contribution in [3.63, 3.8) is 0 Å². The Bertz CT molecular complexity index is 1170. The summed E-state index contributed by atoms with van der Waals surface area (Å²) in [5.74, 6) is 0. The van der Waals surface area contributed by atoms with E-state index in [0.717, 1.165) is 47.1 Å². The van der Waals surface area contributed by atoms with E-state index in [4.69, 9.17) is 5.73 Å². The molecule has 214 valence electrons. The summed E-state index contributed by atoms with van der Waals surface area (Å²) in [7, 11) is 0. The Morgan fingerprint density at radius 2 is 1.23 bits per heavy atom. The van der Waals surface area contributed by atoms with Crippen LogP contribution < -0.4 is 11.1 Å². The minimum absolute atomic E-state index is 0.427. The fourth-order valence-electron chi connectivity index (χ4n) is 5.58. The molecule has 3 aromatic rings. The van der Waals surface area contributed by atoms with Gasteiger partial charge in [0.15, 0.2) is 0 Å². The molecule has 0 unspecified atom stereocenters. The average molecular weight is 549 g/mol. The lowest BCUT2D eigenvalue weighted by atomic mass is 9.72. The van der Waals surface area contributed by atoms with Crippen LogP contribution in [-0.2, 0) is 5.41 Å². The van der Waals surface area contributed by atoms with Crippen molar-refractivity contribution in [1.82, 2.24) is 5.32 Å². The van der Waals surface area contributed by atoms with E-state index >= 15 is 0 Å². The number of rotatable bonds is 7. The summed E-state index contributed by atoms with van der Waals surface area (Å²) in [5, 5.41) is 2.58. The average Bonchev–Trinajstić information content (AvgIpc) is 3.27. The molecule has 1 fully saturated rings. The number of halogens is 3. The van der Waals surface area contributed by atoms with Crippen LogP contribution in [-0.4, -0.2) is 12.7 Å². The highest BCUT2D eigenvalue weighted by Gasteiger charge is 2.45. The van der Waals surface area contributed by atoms with Gasteiger partial charge in [0.25, 0.3) is 0 Å². The van der Waals surface area contributed by atoms with E-state index in [0.29, 0.717) is 11.4 Å². The van der Waals surface area contributed by atoms with Crippen molar-refractivity contribution in [2.75, 3.05) is 6.54 Å². The third-order valence-corrected chi connectivity index (χ3v) is 7.63. The van der Waals surface area contributed by atoms with Crippen molar-refractivity contribution in [3.8, 4) is 11.1 Å². The molecule has 0 radical (unpaired) electrons. The lowest BCUT2D eigenvalue weighted by Gasteiger charge is -2.35. The van der Waals surface area contributed by atoms with E-state index < -0.39 is 18.1 Å². The zero-order valence-electron chi connectivity index (χ0n) is 23.7. The molecule has 5 rings (SSSR count). The van der Waals surface area contributed by atoms with E-state index in [1.165, 1.54) is 38.5 Å². The molecule has 3 N–H and O–H groups in total. The SMILES string of the molecule is C1CCCCC1.C=C(N)c1ccccc1.C=C(NCC(F)(F)F)C1(CCCC)c2ccccc2-c2ccccc21. The second-order valence-corrected chi connectivity index (χ2v) is 10.6. The number of benzene rings is 3. The molecule has 0 spiro atoms. The molecule has 1 saturated carbocycles. The maximum Gasteiger partial charge on any atom is 0.405 e. The standard InChI is InChI=1S/C21H22F3N.C8H9N.C6H12/c1-3-4-13-20(15(2)25-14-21(22,23)24)18-11-7-5-9-16(18)17-10-6-8-12-19(17)20;1-7(9)8-5-3-2-4-6-8;1-2-4-6-5-3-1/h5-12,25H,2-4,13-14H2,1H3;2-6H,1,9H2;1-6H2. The fraction of sp³-hybridized carbons (Fsp3) is 0.371. The van der Waals surface area contributed by atoms with Gasteiger partial charge in [-0.05, 0) is 34.2 Å². The van der Waals surface area contributed by atoms with Crippen LogP contribution in [0.5, 0.6) is 0 Å². The maximum absolute atomic E-state index is 12.8. The van der Waals surface area contributed by atoms with Gasteiger partial charge in [0.05, 0.1) is 5.41 Å². The zero-order valence-corrected chi connectivity index (χ0v) is 23.7. The highest BCUT2D eigenvalue weighted by molar-refractivity contribution is 5.82. The zero-order chi connectivity index (χ0) is 29.0. The number of alkyl halides is 3. The van der Waals surface area contributed by atoms with Gasteiger partial charge in [-0.25, -0.2) is 0 Å². The summed E-state index contributed by atoms with van der Waals surface area (Å²) >= 11 is 0. The third kappa shape index (κ3) is 8.03. The van der Waals surface area contributed by atoms with Gasteiger partial charge in [0.1, 0.15) is 6.54 Å². The Labute approximate surface area is 238 Å². The van der Waals surface area contributed by atoms with Crippen LogP contribution in [0.2, 0.25) is 0 Å². The molecule has 2 aliphatic carbocycles. The third-order valence-electron chi connectivity index (χ3n) is 7.63. The van der Waals surface area contributed by atoms with E-state index in [1.807, 2.05) is 78.9 Å². The number of hydrogen-bond acceptors (Lipinski definition) is 2. The van der Waals surface area contributed by atoms with Gasteiger partial charge in [0.2, 0.25) is 0 Å². The summed E-state index contributed by atoms with van der Waals surface area (Å²) < 4.78 is 38.3. The highest BCUT2D eigenvalue weighted by atomic mass is 19.4. The number of nitrogens with one attached hydrogen (secondary N) is 1. The Hall–Kier alpha value is -3.47. The monoisotopic (exact) mass is 548 g/mol. The van der Waals surface area contributed by atoms with Crippen molar-refractivity contribution in [2.24, 2.45) is 5.73 Å². The van der Waals surface area contributed by atoms with Crippen LogP contribution in [0.15, 0.2) is 97.7 Å². The summed E-state index contributed by atoms with van der Waals surface area (Å²) in [5.41, 5.74) is 11.1. The normalized spacial score (nSPS) is 14.8. The van der Waals surface area contributed by atoms with Crippen molar-refractivity contribution in [2.45, 2.75) is 76.3 Å². The summed E-state index contributed by atoms with van der Waals surface area (Å²) in [6.07, 6.45) is 7.35. The second kappa shape index (κ2) is 14.8. The Kier molecular flexibility index (Phi) is 11.5. The van der Waals surface area contributed by atoms with Crippen LogP contribution in [0.4, 0.5) is 13.2 Å². The number of fused-ring (bicyclic) bond motifs is 3. The summed E-state index contributed by atoms with van der Waals surface area (Å²) in [4.78, 5) is 0. The lowest BCUT2D eigenvalue weighted by Crippen LogP contribution is -2.39. The molecule has 0 aliphatic heterocycles. The topological polar surface area (TPSA) is 38.0 Å². The molecule has 0 atom stereocenters. The highest BCUT2D eigenvalue weighted by Crippen LogP contribution is 2.54. The smallest absolute Gasteiger partial charge is 0.399 e. The van der Waals surface area contributed by atoms with Crippen molar-refractivity contribution >= 4 is 5.70 Å². The van der Waals surface area contributed by atoms with Crippen LogP contribution >= 0.6 is 0 Å². The summed E-state index contributed by atoms with van der Waals surface area (Å²) in [6.45, 7) is 8.68. The minimum atomic E-state index is -4.27. The molecule has 0 amide bonds. The molecule has 0 heterocycles. The van der Waals surface area contributed by atoms with Gasteiger partial charge in [-0.2, -0.15) is 13.2 Å². The molecule has 0 aromatic heterocycles. The fourth-order valence-corrected chi connectivity index (χ4v) is 5.58. The molecule has 2 aliphatic rings. The Balaban J connectivity index is 0.000000238. The van der Waals surface area contributed by atoms with E-state index in [-0.39, 0.29) is 0 Å². The molecular formula is C35H43F3N2. The lowest BCUT2D eigenvalue weighted by molar-refractivity contribution is -0.123. The number of unbranched alkanes of at least 4 members (excludes halogenated alkanes) is 1. The van der Waals surface area contributed by atoms with Crippen LogP contribution in [0.3, 0.4) is 0 Å². The van der Waals surface area contributed by atoms with Gasteiger partial charge < -0.3 is 11.1 Å². The minimum Gasteiger partial charge on any atom is -0.399 e. The Morgan fingerprint density at radius 3 is 1.62 bits per heavy atom. The van der Waals surface area contributed by atoms with Gasteiger partial charge in [-0.15, -0.1) is 0 Å². The van der Waals surface area contributed by atoms with Crippen LogP contribution in [0, 0.1) is 0 Å².